The Hall–Kier alpha value is -1.28. The lowest BCUT2D eigenvalue weighted by atomic mass is 9.74. The fourth-order valence-electron chi connectivity index (χ4n) is 3.52. The van der Waals surface area contributed by atoms with E-state index in [9.17, 15) is 5.11 Å². The van der Waals surface area contributed by atoms with Crippen molar-refractivity contribution in [2.45, 2.75) is 45.1 Å². The minimum Gasteiger partial charge on any atom is -0.458 e. The topological polar surface area (TPSA) is 33.4 Å². The first-order valence-electron chi connectivity index (χ1n) is 7.46. The minimum absolute atomic E-state index is 0.360. The van der Waals surface area contributed by atoms with Crippen LogP contribution in [0, 0.1) is 11.8 Å². The quantitative estimate of drug-likeness (QED) is 0.867. The van der Waals surface area contributed by atoms with Crippen LogP contribution < -0.4 is 0 Å². The largest absolute Gasteiger partial charge is 0.458 e. The maximum atomic E-state index is 10.7. The van der Waals surface area contributed by atoms with Crippen molar-refractivity contribution >= 4 is 11.0 Å². The molecule has 1 aliphatic rings. The number of aliphatic hydroxyl groups is 1. The summed E-state index contributed by atoms with van der Waals surface area (Å²) in [6.07, 6.45) is 5.62. The van der Waals surface area contributed by atoms with Crippen LogP contribution in [0.2, 0.25) is 0 Å². The minimum atomic E-state index is -0.447. The summed E-state index contributed by atoms with van der Waals surface area (Å²) in [6, 6.07) is 9.97. The molecule has 1 aliphatic carbocycles. The van der Waals surface area contributed by atoms with Gasteiger partial charge in [0, 0.05) is 5.39 Å². The van der Waals surface area contributed by atoms with Crippen LogP contribution >= 0.6 is 0 Å². The number of furan rings is 1. The first-order valence-corrected chi connectivity index (χ1v) is 7.46. The highest BCUT2D eigenvalue weighted by molar-refractivity contribution is 5.77. The molecule has 3 atom stereocenters. The maximum Gasteiger partial charge on any atom is 0.134 e. The zero-order valence-electron chi connectivity index (χ0n) is 11.5. The molecule has 2 aromatic rings. The Morgan fingerprint density at radius 2 is 2.05 bits per heavy atom. The third-order valence-electron chi connectivity index (χ3n) is 4.63. The lowest BCUT2D eigenvalue weighted by Gasteiger charge is -2.33. The number of hydrogen-bond donors (Lipinski definition) is 1. The molecule has 1 aromatic carbocycles. The Kier molecular flexibility index (Phi) is 3.61. The van der Waals surface area contributed by atoms with Crippen LogP contribution in [0.5, 0.6) is 0 Å². The van der Waals surface area contributed by atoms with E-state index in [1.807, 2.05) is 30.3 Å². The normalized spacial score (nSPS) is 25.6. The van der Waals surface area contributed by atoms with Crippen LogP contribution in [0.25, 0.3) is 11.0 Å². The van der Waals surface area contributed by atoms with Crippen molar-refractivity contribution in [3.05, 3.63) is 36.1 Å². The Balaban J connectivity index is 1.87. The molecule has 3 unspecified atom stereocenters. The smallest absolute Gasteiger partial charge is 0.134 e. The lowest BCUT2D eigenvalue weighted by Crippen LogP contribution is -2.25. The van der Waals surface area contributed by atoms with Gasteiger partial charge >= 0.3 is 0 Å². The molecule has 2 nitrogen and oxygen atoms in total. The summed E-state index contributed by atoms with van der Waals surface area (Å²) in [5, 5.41) is 11.7. The number of para-hydroxylation sites is 1. The van der Waals surface area contributed by atoms with Crippen LogP contribution in [-0.4, -0.2) is 5.11 Å². The van der Waals surface area contributed by atoms with E-state index in [1.165, 1.54) is 19.3 Å². The van der Waals surface area contributed by atoms with Crippen molar-refractivity contribution in [2.75, 3.05) is 0 Å². The number of aliphatic hydroxyl groups excluding tert-OH is 1. The zero-order valence-corrected chi connectivity index (χ0v) is 11.5. The highest BCUT2D eigenvalue weighted by atomic mass is 16.4. The van der Waals surface area contributed by atoms with E-state index < -0.39 is 6.10 Å². The Morgan fingerprint density at radius 3 is 2.84 bits per heavy atom. The molecule has 0 amide bonds. The maximum absolute atomic E-state index is 10.7. The van der Waals surface area contributed by atoms with E-state index in [0.717, 1.165) is 29.6 Å². The van der Waals surface area contributed by atoms with E-state index in [2.05, 4.69) is 6.92 Å². The summed E-state index contributed by atoms with van der Waals surface area (Å²) in [4.78, 5) is 0. The second-order valence-electron chi connectivity index (χ2n) is 5.75. The van der Waals surface area contributed by atoms with Gasteiger partial charge in [0.05, 0.1) is 0 Å². The molecule has 3 rings (SSSR count). The predicted octanol–water partition coefficient (Wildman–Crippen LogP) is 4.68. The average Bonchev–Trinajstić information content (AvgIpc) is 2.90. The second-order valence-corrected chi connectivity index (χ2v) is 5.75. The number of rotatable bonds is 3. The predicted molar refractivity (Wildman–Crippen MR) is 76.9 cm³/mol. The zero-order chi connectivity index (χ0) is 13.2. The molecular weight excluding hydrogens is 236 g/mol. The van der Waals surface area contributed by atoms with Gasteiger partial charge in [-0.25, -0.2) is 0 Å². The van der Waals surface area contributed by atoms with Crippen molar-refractivity contribution < 1.29 is 9.52 Å². The highest BCUT2D eigenvalue weighted by Gasteiger charge is 2.32. The van der Waals surface area contributed by atoms with Crippen molar-refractivity contribution in [2.24, 2.45) is 11.8 Å². The molecular formula is C17H22O2. The summed E-state index contributed by atoms with van der Waals surface area (Å²) in [5.74, 6) is 1.74. The molecule has 102 valence electrons. The molecule has 0 bridgehead atoms. The summed E-state index contributed by atoms with van der Waals surface area (Å²) < 4.78 is 5.83. The molecule has 0 saturated heterocycles. The Morgan fingerprint density at radius 1 is 1.26 bits per heavy atom. The molecule has 0 spiro atoms. The second kappa shape index (κ2) is 5.38. The van der Waals surface area contributed by atoms with Gasteiger partial charge in [-0.15, -0.1) is 0 Å². The first-order chi connectivity index (χ1) is 9.29. The number of hydrogen-bond acceptors (Lipinski definition) is 2. The van der Waals surface area contributed by atoms with Crippen molar-refractivity contribution in [1.29, 1.82) is 0 Å². The average molecular weight is 258 g/mol. The van der Waals surface area contributed by atoms with E-state index in [1.54, 1.807) is 0 Å². The van der Waals surface area contributed by atoms with Gasteiger partial charge in [0.25, 0.3) is 0 Å². The summed E-state index contributed by atoms with van der Waals surface area (Å²) >= 11 is 0. The van der Waals surface area contributed by atoms with E-state index in [0.29, 0.717) is 11.8 Å². The molecule has 0 aliphatic heterocycles. The Labute approximate surface area is 114 Å². The van der Waals surface area contributed by atoms with Gasteiger partial charge < -0.3 is 9.52 Å². The lowest BCUT2D eigenvalue weighted by molar-refractivity contribution is 0.0309. The summed E-state index contributed by atoms with van der Waals surface area (Å²) in [7, 11) is 0. The fraction of sp³-hybridized carbons (Fsp3) is 0.529. The van der Waals surface area contributed by atoms with E-state index in [4.69, 9.17) is 4.42 Å². The molecule has 1 aromatic heterocycles. The monoisotopic (exact) mass is 258 g/mol. The van der Waals surface area contributed by atoms with Crippen LogP contribution in [0.3, 0.4) is 0 Å². The van der Waals surface area contributed by atoms with E-state index in [-0.39, 0.29) is 0 Å². The third kappa shape index (κ3) is 2.42. The number of benzene rings is 1. The van der Waals surface area contributed by atoms with Gasteiger partial charge in [0.1, 0.15) is 17.4 Å². The number of fused-ring (bicyclic) bond motifs is 1. The van der Waals surface area contributed by atoms with Crippen molar-refractivity contribution in [3.63, 3.8) is 0 Å². The van der Waals surface area contributed by atoms with Gasteiger partial charge in [-0.1, -0.05) is 50.8 Å². The van der Waals surface area contributed by atoms with E-state index >= 15 is 0 Å². The molecule has 1 heterocycles. The SMILES string of the molecule is CCC1CCCCC1C(O)c1cc2ccccc2o1. The molecule has 2 heteroatoms. The van der Waals surface area contributed by atoms with Gasteiger partial charge in [0.2, 0.25) is 0 Å². The fourth-order valence-corrected chi connectivity index (χ4v) is 3.52. The standard InChI is InChI=1S/C17H22O2/c1-2-12-7-3-5-9-14(12)17(18)16-11-13-8-4-6-10-15(13)19-16/h4,6,8,10-12,14,17-18H,2-3,5,7,9H2,1H3. The van der Waals surface area contributed by atoms with Crippen molar-refractivity contribution in [3.8, 4) is 0 Å². The third-order valence-corrected chi connectivity index (χ3v) is 4.63. The van der Waals surface area contributed by atoms with Crippen LogP contribution in [-0.2, 0) is 0 Å². The summed E-state index contributed by atoms with van der Waals surface area (Å²) in [5.41, 5.74) is 0.875. The first kappa shape index (κ1) is 12.7. The molecule has 1 fully saturated rings. The summed E-state index contributed by atoms with van der Waals surface area (Å²) in [6.45, 7) is 2.23. The Bertz CT molecular complexity index is 510. The van der Waals surface area contributed by atoms with Gasteiger partial charge in [-0.2, -0.15) is 0 Å². The van der Waals surface area contributed by atoms with Gasteiger partial charge in [0.15, 0.2) is 0 Å². The molecule has 1 N–H and O–H groups in total. The molecule has 1 saturated carbocycles. The van der Waals surface area contributed by atoms with Gasteiger partial charge in [-0.3, -0.25) is 0 Å². The highest BCUT2D eigenvalue weighted by Crippen LogP contribution is 2.41. The van der Waals surface area contributed by atoms with Crippen LogP contribution in [0.15, 0.2) is 34.7 Å². The van der Waals surface area contributed by atoms with Crippen LogP contribution in [0.1, 0.15) is 50.9 Å². The van der Waals surface area contributed by atoms with Crippen molar-refractivity contribution in [1.82, 2.24) is 0 Å². The molecule has 19 heavy (non-hydrogen) atoms. The van der Waals surface area contributed by atoms with Gasteiger partial charge in [-0.05, 0) is 30.4 Å². The molecule has 0 radical (unpaired) electrons. The van der Waals surface area contributed by atoms with Crippen LogP contribution in [0.4, 0.5) is 0 Å².